The summed E-state index contributed by atoms with van der Waals surface area (Å²) in [5, 5.41) is 1.21. The Balaban J connectivity index is 2.14. The average Bonchev–Trinajstić information content (AvgIpc) is 2.79. The van der Waals surface area contributed by atoms with E-state index in [9.17, 15) is 0 Å². The predicted molar refractivity (Wildman–Crippen MR) is 84.6 cm³/mol. The second-order valence-corrected chi connectivity index (χ2v) is 6.91. The van der Waals surface area contributed by atoms with Gasteiger partial charge in [0.05, 0.1) is 0 Å². The molecule has 0 fully saturated rings. The van der Waals surface area contributed by atoms with Gasteiger partial charge in [-0.25, -0.2) is 4.98 Å². The number of aromatic amines is 1. The minimum absolute atomic E-state index is 0.126. The molecule has 3 heteroatoms. The topological polar surface area (TPSA) is 31.9 Å². The largest absolute Gasteiger partial charge is 0.346 e. The van der Waals surface area contributed by atoms with Gasteiger partial charge in [-0.15, -0.1) is 0 Å². The lowest BCUT2D eigenvalue weighted by Gasteiger charge is -2.50. The van der Waals surface area contributed by atoms with Gasteiger partial charge in [-0.1, -0.05) is 19.9 Å². The lowest BCUT2D eigenvalue weighted by molar-refractivity contribution is 0.0649. The zero-order chi connectivity index (χ0) is 14.5. The van der Waals surface area contributed by atoms with Crippen LogP contribution in [0.4, 0.5) is 0 Å². The number of likely N-dealkylation sites (N-methyl/N-ethyl adjacent to an activating group) is 1. The minimum Gasteiger partial charge on any atom is -0.346 e. The summed E-state index contributed by atoms with van der Waals surface area (Å²) in [5.41, 5.74) is 3.91. The van der Waals surface area contributed by atoms with Gasteiger partial charge in [-0.3, -0.25) is 4.90 Å². The van der Waals surface area contributed by atoms with Crippen LogP contribution in [-0.4, -0.2) is 34.0 Å². The Bertz CT molecular complexity index is 676. The molecule has 0 saturated heterocycles. The van der Waals surface area contributed by atoms with Crippen LogP contribution in [-0.2, 0) is 0 Å². The fraction of sp³-hybridized carbons (Fsp3) is 0.471. The normalized spacial score (nSPS) is 21.9. The number of fused-ring (bicyclic) bond motifs is 1. The number of rotatable bonds is 1. The number of aromatic nitrogens is 2. The van der Waals surface area contributed by atoms with Crippen LogP contribution in [0.2, 0.25) is 0 Å². The van der Waals surface area contributed by atoms with Crippen molar-refractivity contribution in [2.45, 2.75) is 33.2 Å². The summed E-state index contributed by atoms with van der Waals surface area (Å²) in [5.74, 6) is 0. The van der Waals surface area contributed by atoms with Crippen molar-refractivity contribution in [1.29, 1.82) is 0 Å². The van der Waals surface area contributed by atoms with E-state index in [1.54, 1.807) is 0 Å². The number of H-pyrrole nitrogens is 1. The molecule has 2 aromatic heterocycles. The van der Waals surface area contributed by atoms with Crippen LogP contribution in [0.3, 0.4) is 0 Å². The highest BCUT2D eigenvalue weighted by Gasteiger charge is 2.42. The summed E-state index contributed by atoms with van der Waals surface area (Å²) in [7, 11) is 2.21. The third kappa shape index (κ3) is 1.80. The van der Waals surface area contributed by atoms with E-state index in [-0.39, 0.29) is 11.0 Å². The molecule has 0 unspecified atom stereocenters. The van der Waals surface area contributed by atoms with E-state index < -0.39 is 0 Å². The van der Waals surface area contributed by atoms with Crippen molar-refractivity contribution in [3.8, 4) is 0 Å². The molecule has 106 valence electrons. The maximum Gasteiger partial charge on any atom is 0.137 e. The van der Waals surface area contributed by atoms with Gasteiger partial charge in [0, 0.05) is 40.8 Å². The molecular formula is C17H23N3. The number of pyridine rings is 1. The van der Waals surface area contributed by atoms with Crippen LogP contribution >= 0.6 is 0 Å². The van der Waals surface area contributed by atoms with Gasteiger partial charge in [0.25, 0.3) is 0 Å². The molecule has 3 rings (SSSR count). The Hall–Kier alpha value is -1.61. The second-order valence-electron chi connectivity index (χ2n) is 6.91. The van der Waals surface area contributed by atoms with Crippen LogP contribution in [0.5, 0.6) is 0 Å². The van der Waals surface area contributed by atoms with Crippen LogP contribution in [0, 0.1) is 5.41 Å². The Kier molecular flexibility index (Phi) is 2.80. The molecular weight excluding hydrogens is 246 g/mol. The Morgan fingerprint density at radius 3 is 2.70 bits per heavy atom. The molecule has 1 N–H and O–H groups in total. The minimum atomic E-state index is 0.126. The molecule has 2 aromatic rings. The highest BCUT2D eigenvalue weighted by Crippen LogP contribution is 2.43. The van der Waals surface area contributed by atoms with Crippen molar-refractivity contribution in [3.63, 3.8) is 0 Å². The summed E-state index contributed by atoms with van der Waals surface area (Å²) in [6, 6.07) is 4.14. The molecule has 20 heavy (non-hydrogen) atoms. The number of hydrogen-bond acceptors (Lipinski definition) is 2. The van der Waals surface area contributed by atoms with E-state index in [1.807, 2.05) is 12.3 Å². The molecule has 1 aliphatic rings. The first kappa shape index (κ1) is 13.4. The molecule has 0 aromatic carbocycles. The monoisotopic (exact) mass is 269 g/mol. The van der Waals surface area contributed by atoms with E-state index in [4.69, 9.17) is 0 Å². The van der Waals surface area contributed by atoms with Gasteiger partial charge >= 0.3 is 0 Å². The van der Waals surface area contributed by atoms with E-state index in [0.717, 1.165) is 12.2 Å². The third-order valence-corrected chi connectivity index (χ3v) is 5.27. The fourth-order valence-electron chi connectivity index (χ4n) is 2.99. The molecule has 0 spiro atoms. The lowest BCUT2D eigenvalue weighted by atomic mass is 9.69. The van der Waals surface area contributed by atoms with E-state index in [2.05, 4.69) is 67.9 Å². The molecule has 0 saturated carbocycles. The number of nitrogens with one attached hydrogen (secondary N) is 1. The van der Waals surface area contributed by atoms with Crippen molar-refractivity contribution < 1.29 is 0 Å². The van der Waals surface area contributed by atoms with Crippen molar-refractivity contribution in [3.05, 3.63) is 36.2 Å². The summed E-state index contributed by atoms with van der Waals surface area (Å²) in [4.78, 5) is 10.1. The van der Waals surface area contributed by atoms with Crippen LogP contribution in [0.1, 0.15) is 33.3 Å². The van der Waals surface area contributed by atoms with E-state index in [0.29, 0.717) is 0 Å². The molecule has 0 bridgehead atoms. The maximum atomic E-state index is 4.38. The molecule has 3 heterocycles. The SMILES string of the molecule is CN1CC(c2c[nH]c3ncccc23)=CC(C)(C)C1(C)C. The first-order valence-electron chi connectivity index (χ1n) is 7.18. The van der Waals surface area contributed by atoms with Gasteiger partial charge in [0.15, 0.2) is 0 Å². The maximum absolute atomic E-state index is 4.38. The van der Waals surface area contributed by atoms with Gasteiger partial charge in [-0.2, -0.15) is 0 Å². The Morgan fingerprint density at radius 2 is 2.00 bits per heavy atom. The van der Waals surface area contributed by atoms with Gasteiger partial charge in [0.1, 0.15) is 5.65 Å². The first-order valence-corrected chi connectivity index (χ1v) is 7.18. The fourth-order valence-corrected chi connectivity index (χ4v) is 2.99. The average molecular weight is 269 g/mol. The molecule has 0 atom stereocenters. The number of nitrogens with zero attached hydrogens (tertiary/aromatic N) is 2. The zero-order valence-corrected chi connectivity index (χ0v) is 13.0. The quantitative estimate of drug-likeness (QED) is 0.856. The van der Waals surface area contributed by atoms with Crippen molar-refractivity contribution in [1.82, 2.24) is 14.9 Å². The smallest absolute Gasteiger partial charge is 0.137 e. The lowest BCUT2D eigenvalue weighted by Crippen LogP contribution is -2.54. The standard InChI is InChI=1S/C17H23N3/c1-16(2)9-12(11-20(5)17(16,3)4)14-10-19-15-13(14)7-6-8-18-15/h6-10H,11H2,1-5H3,(H,18,19). The Labute approximate surface area is 120 Å². The van der Waals surface area contributed by atoms with Crippen molar-refractivity contribution in [2.24, 2.45) is 5.41 Å². The molecule has 3 nitrogen and oxygen atoms in total. The third-order valence-electron chi connectivity index (χ3n) is 5.27. The number of hydrogen-bond donors (Lipinski definition) is 1. The van der Waals surface area contributed by atoms with E-state index >= 15 is 0 Å². The summed E-state index contributed by atoms with van der Waals surface area (Å²) < 4.78 is 0. The first-order chi connectivity index (χ1) is 9.33. The van der Waals surface area contributed by atoms with Crippen LogP contribution < -0.4 is 0 Å². The van der Waals surface area contributed by atoms with Crippen molar-refractivity contribution in [2.75, 3.05) is 13.6 Å². The highest BCUT2D eigenvalue weighted by molar-refractivity contribution is 5.91. The summed E-state index contributed by atoms with van der Waals surface area (Å²) in [6.45, 7) is 10.2. The van der Waals surface area contributed by atoms with E-state index in [1.165, 1.54) is 16.5 Å². The summed E-state index contributed by atoms with van der Waals surface area (Å²) >= 11 is 0. The summed E-state index contributed by atoms with van der Waals surface area (Å²) in [6.07, 6.45) is 6.35. The molecule has 0 amide bonds. The predicted octanol–water partition coefficient (Wildman–Crippen LogP) is 3.70. The van der Waals surface area contributed by atoms with Gasteiger partial charge in [0.2, 0.25) is 0 Å². The van der Waals surface area contributed by atoms with Crippen LogP contribution in [0.25, 0.3) is 16.6 Å². The molecule has 0 radical (unpaired) electrons. The Morgan fingerprint density at radius 1 is 1.25 bits per heavy atom. The molecule has 0 aliphatic carbocycles. The van der Waals surface area contributed by atoms with Crippen molar-refractivity contribution >= 4 is 16.6 Å². The van der Waals surface area contributed by atoms with Crippen LogP contribution in [0.15, 0.2) is 30.6 Å². The van der Waals surface area contributed by atoms with Gasteiger partial charge in [-0.05, 0) is 38.6 Å². The second kappa shape index (κ2) is 4.19. The zero-order valence-electron chi connectivity index (χ0n) is 13.0. The molecule has 1 aliphatic heterocycles. The highest BCUT2D eigenvalue weighted by atomic mass is 15.2. The van der Waals surface area contributed by atoms with Gasteiger partial charge < -0.3 is 4.98 Å².